The molecule has 0 saturated heterocycles. The van der Waals surface area contributed by atoms with Gasteiger partial charge in [0.05, 0.1) is 15.5 Å². The molecule has 0 radical (unpaired) electrons. The Morgan fingerprint density at radius 2 is 1.82 bits per heavy atom. The minimum absolute atomic E-state index is 0.00919. The summed E-state index contributed by atoms with van der Waals surface area (Å²) in [6.45, 7) is 0.613. The van der Waals surface area contributed by atoms with Crippen LogP contribution in [0.4, 0.5) is 10.1 Å². The SMILES string of the molecule is O=C(Nc1ccc(S(=O)(=O)NC2=NCCCCC2)cc1)c1c(F)cccc1Cl. The number of hydrogen-bond donors (Lipinski definition) is 2. The number of amidine groups is 1. The molecule has 0 spiro atoms. The minimum atomic E-state index is -3.76. The molecule has 28 heavy (non-hydrogen) atoms. The van der Waals surface area contributed by atoms with Gasteiger partial charge in [-0.3, -0.25) is 14.5 Å². The van der Waals surface area contributed by atoms with Gasteiger partial charge in [-0.05, 0) is 49.2 Å². The van der Waals surface area contributed by atoms with E-state index in [0.717, 1.165) is 25.3 Å². The maximum Gasteiger partial charge on any atom is 0.262 e. The number of aliphatic imine (C=N–C) groups is 1. The number of hydrogen-bond acceptors (Lipinski definition) is 4. The van der Waals surface area contributed by atoms with E-state index in [4.69, 9.17) is 11.6 Å². The second-order valence-electron chi connectivity index (χ2n) is 6.32. The Morgan fingerprint density at radius 3 is 2.54 bits per heavy atom. The van der Waals surface area contributed by atoms with Crippen molar-refractivity contribution >= 4 is 39.1 Å². The number of benzene rings is 2. The van der Waals surface area contributed by atoms with Crippen LogP contribution in [-0.4, -0.2) is 26.7 Å². The van der Waals surface area contributed by atoms with Crippen molar-refractivity contribution in [3.05, 3.63) is 58.9 Å². The lowest BCUT2D eigenvalue weighted by molar-refractivity contribution is 0.102. The maximum absolute atomic E-state index is 13.8. The van der Waals surface area contributed by atoms with E-state index < -0.39 is 21.7 Å². The molecule has 9 heteroatoms. The second-order valence-corrected chi connectivity index (χ2v) is 8.41. The van der Waals surface area contributed by atoms with Crippen LogP contribution < -0.4 is 10.0 Å². The van der Waals surface area contributed by atoms with Crippen molar-refractivity contribution in [2.75, 3.05) is 11.9 Å². The van der Waals surface area contributed by atoms with Gasteiger partial charge in [-0.2, -0.15) is 0 Å². The number of nitrogens with one attached hydrogen (secondary N) is 2. The molecule has 0 atom stereocenters. The predicted octanol–water partition coefficient (Wildman–Crippen LogP) is 3.98. The normalized spacial score (nSPS) is 14.7. The lowest BCUT2D eigenvalue weighted by atomic mass is 10.2. The topological polar surface area (TPSA) is 87.6 Å². The molecule has 1 aliphatic rings. The number of rotatable bonds is 4. The molecule has 0 unspecified atom stereocenters. The Kier molecular flexibility index (Phi) is 6.31. The molecule has 3 rings (SSSR count). The summed E-state index contributed by atoms with van der Waals surface area (Å²) >= 11 is 5.88. The van der Waals surface area contributed by atoms with Gasteiger partial charge in [-0.1, -0.05) is 24.1 Å². The number of carbonyl (C=O) groups is 1. The number of nitrogens with zero attached hydrogens (tertiary/aromatic N) is 1. The fraction of sp³-hybridized carbons (Fsp3) is 0.263. The Balaban J connectivity index is 1.72. The first-order chi connectivity index (χ1) is 13.4. The largest absolute Gasteiger partial charge is 0.322 e. The van der Waals surface area contributed by atoms with Gasteiger partial charge in [0.15, 0.2) is 0 Å². The molecule has 0 saturated carbocycles. The molecular formula is C19H19ClFN3O3S. The van der Waals surface area contributed by atoms with E-state index in [0.29, 0.717) is 24.5 Å². The van der Waals surface area contributed by atoms with Crippen LogP contribution in [0.2, 0.25) is 5.02 Å². The lowest BCUT2D eigenvalue weighted by Crippen LogP contribution is -2.30. The van der Waals surface area contributed by atoms with E-state index in [2.05, 4.69) is 15.0 Å². The van der Waals surface area contributed by atoms with E-state index in [1.165, 1.54) is 36.4 Å². The predicted molar refractivity (Wildman–Crippen MR) is 107 cm³/mol. The highest BCUT2D eigenvalue weighted by atomic mass is 35.5. The van der Waals surface area contributed by atoms with Crippen LogP contribution in [0.15, 0.2) is 52.4 Å². The average molecular weight is 424 g/mol. The van der Waals surface area contributed by atoms with Crippen LogP contribution in [0.1, 0.15) is 36.0 Å². The highest BCUT2D eigenvalue weighted by Gasteiger charge is 2.19. The van der Waals surface area contributed by atoms with Crippen LogP contribution in [0.25, 0.3) is 0 Å². The smallest absolute Gasteiger partial charge is 0.262 e. The van der Waals surface area contributed by atoms with Crippen molar-refractivity contribution in [1.29, 1.82) is 0 Å². The van der Waals surface area contributed by atoms with E-state index in [-0.39, 0.29) is 15.5 Å². The second kappa shape index (κ2) is 8.70. The number of carbonyl (C=O) groups excluding carboxylic acids is 1. The summed E-state index contributed by atoms with van der Waals surface area (Å²) in [6, 6.07) is 9.53. The third kappa shape index (κ3) is 4.88. The van der Waals surface area contributed by atoms with Crippen LogP contribution >= 0.6 is 11.6 Å². The van der Waals surface area contributed by atoms with Crippen molar-refractivity contribution in [2.24, 2.45) is 4.99 Å². The quantitative estimate of drug-likeness (QED) is 0.779. The van der Waals surface area contributed by atoms with Crippen molar-refractivity contribution in [3.8, 4) is 0 Å². The van der Waals surface area contributed by atoms with Crippen LogP contribution in [0, 0.1) is 5.82 Å². The van der Waals surface area contributed by atoms with Gasteiger partial charge >= 0.3 is 0 Å². The zero-order chi connectivity index (χ0) is 20.1. The maximum atomic E-state index is 13.8. The summed E-state index contributed by atoms with van der Waals surface area (Å²) < 4.78 is 41.4. The molecule has 0 fully saturated rings. The summed E-state index contributed by atoms with van der Waals surface area (Å²) in [4.78, 5) is 16.6. The molecule has 0 aromatic heterocycles. The first-order valence-corrected chi connectivity index (χ1v) is 10.6. The van der Waals surface area contributed by atoms with Gasteiger partial charge in [0.25, 0.3) is 15.9 Å². The Morgan fingerprint density at radius 1 is 1.07 bits per heavy atom. The van der Waals surface area contributed by atoms with Crippen molar-refractivity contribution in [1.82, 2.24) is 4.72 Å². The van der Waals surface area contributed by atoms with Crippen LogP contribution in [0.3, 0.4) is 0 Å². The zero-order valence-corrected chi connectivity index (χ0v) is 16.5. The molecule has 0 bridgehead atoms. The Hall–Kier alpha value is -2.45. The molecule has 1 heterocycles. The summed E-state index contributed by atoms with van der Waals surface area (Å²) in [7, 11) is -3.76. The average Bonchev–Trinajstić information content (AvgIpc) is 2.90. The third-order valence-corrected chi connectivity index (χ3v) is 5.95. The van der Waals surface area contributed by atoms with Crippen LogP contribution in [0.5, 0.6) is 0 Å². The molecule has 2 aromatic rings. The number of anilines is 1. The van der Waals surface area contributed by atoms with Gasteiger partial charge in [0.2, 0.25) is 0 Å². The molecule has 6 nitrogen and oxygen atoms in total. The van der Waals surface area contributed by atoms with Crippen LogP contribution in [-0.2, 0) is 10.0 Å². The first-order valence-electron chi connectivity index (χ1n) is 8.78. The summed E-state index contributed by atoms with van der Waals surface area (Å²) in [5, 5.41) is 2.50. The molecule has 2 aromatic carbocycles. The van der Waals surface area contributed by atoms with E-state index in [9.17, 15) is 17.6 Å². The van der Waals surface area contributed by atoms with Gasteiger partial charge in [0, 0.05) is 18.7 Å². The number of amides is 1. The van der Waals surface area contributed by atoms with E-state index >= 15 is 0 Å². The molecule has 148 valence electrons. The highest BCUT2D eigenvalue weighted by Crippen LogP contribution is 2.21. The molecule has 1 aliphatic heterocycles. The van der Waals surface area contributed by atoms with E-state index in [1.807, 2.05) is 0 Å². The van der Waals surface area contributed by atoms with Gasteiger partial charge in [-0.25, -0.2) is 12.8 Å². The van der Waals surface area contributed by atoms with E-state index in [1.54, 1.807) is 0 Å². The zero-order valence-electron chi connectivity index (χ0n) is 14.9. The molecular weight excluding hydrogens is 405 g/mol. The monoisotopic (exact) mass is 423 g/mol. The Bertz CT molecular complexity index is 987. The van der Waals surface area contributed by atoms with Gasteiger partial charge in [-0.15, -0.1) is 0 Å². The van der Waals surface area contributed by atoms with Crippen molar-refractivity contribution < 1.29 is 17.6 Å². The van der Waals surface area contributed by atoms with Gasteiger partial charge in [0.1, 0.15) is 11.7 Å². The molecule has 0 aliphatic carbocycles. The molecule has 1 amide bonds. The standard InChI is InChI=1S/C19H19ClFN3O3S/c20-15-5-4-6-16(21)18(15)19(25)23-13-8-10-14(11-9-13)28(26,27)24-17-7-2-1-3-12-22-17/h4-6,8-11H,1-3,7,12H2,(H,22,24)(H,23,25). The van der Waals surface area contributed by atoms with Crippen molar-refractivity contribution in [3.63, 3.8) is 0 Å². The van der Waals surface area contributed by atoms with Gasteiger partial charge < -0.3 is 5.32 Å². The summed E-state index contributed by atoms with van der Waals surface area (Å²) in [6.07, 6.45) is 3.46. The summed E-state index contributed by atoms with van der Waals surface area (Å²) in [5.74, 6) is -0.994. The third-order valence-electron chi connectivity index (χ3n) is 4.24. The highest BCUT2D eigenvalue weighted by molar-refractivity contribution is 7.90. The number of halogens is 2. The fourth-order valence-corrected chi connectivity index (χ4v) is 4.14. The number of sulfonamides is 1. The minimum Gasteiger partial charge on any atom is -0.322 e. The lowest BCUT2D eigenvalue weighted by Gasteiger charge is -2.11. The summed E-state index contributed by atoms with van der Waals surface area (Å²) in [5.41, 5.74) is 0.0454. The Labute approximate surface area is 167 Å². The molecule has 2 N–H and O–H groups in total. The fourth-order valence-electron chi connectivity index (χ4n) is 2.80. The van der Waals surface area contributed by atoms with Crippen molar-refractivity contribution in [2.45, 2.75) is 30.6 Å². The first kappa shape index (κ1) is 20.3.